The number of hydrogen-bond donors (Lipinski definition) is 1. The molecule has 1 amide bonds. The van der Waals surface area contributed by atoms with Crippen molar-refractivity contribution >= 4 is 33.4 Å². The number of carbonyl (C=O) groups is 1. The molecule has 1 N–H and O–H groups in total. The first-order valence-electron chi connectivity index (χ1n) is 11.3. The molecule has 8 nitrogen and oxygen atoms in total. The quantitative estimate of drug-likeness (QED) is 0.375. The van der Waals surface area contributed by atoms with Crippen LogP contribution >= 0.6 is 11.8 Å². The highest BCUT2D eigenvalue weighted by molar-refractivity contribution is 7.99. The van der Waals surface area contributed by atoms with E-state index in [1.807, 2.05) is 56.3 Å². The van der Waals surface area contributed by atoms with Crippen LogP contribution in [0.25, 0.3) is 11.4 Å². The van der Waals surface area contributed by atoms with Gasteiger partial charge >= 0.3 is 0 Å². The largest absolute Gasteiger partial charge is 0.337 e. The van der Waals surface area contributed by atoms with Crippen LogP contribution in [-0.4, -0.2) is 31.5 Å². The molecule has 0 saturated heterocycles. The Morgan fingerprint density at radius 3 is 2.44 bits per heavy atom. The van der Waals surface area contributed by atoms with Crippen molar-refractivity contribution in [1.82, 2.24) is 14.9 Å². The van der Waals surface area contributed by atoms with Gasteiger partial charge in [0.25, 0.3) is 5.91 Å². The fourth-order valence-corrected chi connectivity index (χ4v) is 6.44. The zero-order valence-electron chi connectivity index (χ0n) is 19.9. The van der Waals surface area contributed by atoms with Crippen molar-refractivity contribution in [1.29, 1.82) is 0 Å². The van der Waals surface area contributed by atoms with Gasteiger partial charge < -0.3 is 9.42 Å². The highest BCUT2D eigenvalue weighted by atomic mass is 32.2. The average molecular weight is 521 g/mol. The molecule has 0 fully saturated rings. The van der Waals surface area contributed by atoms with Crippen molar-refractivity contribution in [3.8, 4) is 11.4 Å². The van der Waals surface area contributed by atoms with E-state index in [1.165, 1.54) is 23.9 Å². The number of hydrogen-bond acceptors (Lipinski definition) is 7. The molecule has 0 aliphatic carbocycles. The van der Waals surface area contributed by atoms with Gasteiger partial charge in [0, 0.05) is 22.4 Å². The van der Waals surface area contributed by atoms with E-state index in [0.29, 0.717) is 17.0 Å². The van der Waals surface area contributed by atoms with Crippen molar-refractivity contribution in [2.45, 2.75) is 34.6 Å². The van der Waals surface area contributed by atoms with Gasteiger partial charge in [-0.3, -0.25) is 4.79 Å². The Labute approximate surface area is 213 Å². The van der Waals surface area contributed by atoms with E-state index in [-0.39, 0.29) is 22.6 Å². The molecule has 1 aliphatic rings. The molecule has 0 radical (unpaired) electrons. The lowest BCUT2D eigenvalue weighted by atomic mass is 10.1. The van der Waals surface area contributed by atoms with Crippen LogP contribution in [0.1, 0.15) is 36.1 Å². The zero-order valence-corrected chi connectivity index (χ0v) is 21.5. The predicted octanol–water partition coefficient (Wildman–Crippen LogP) is 5.15. The van der Waals surface area contributed by atoms with Gasteiger partial charge in [0.15, 0.2) is 0 Å². The molecule has 4 aromatic rings. The van der Waals surface area contributed by atoms with Gasteiger partial charge in [-0.15, -0.1) is 0 Å². The van der Waals surface area contributed by atoms with Crippen molar-refractivity contribution < 1.29 is 17.7 Å². The van der Waals surface area contributed by atoms with Crippen molar-refractivity contribution in [2.75, 3.05) is 11.9 Å². The topological polar surface area (TPSA) is 105 Å². The molecule has 5 rings (SSSR count). The maximum Gasteiger partial charge on any atom is 0.259 e. The summed E-state index contributed by atoms with van der Waals surface area (Å²) in [7, 11) is -2.03. The van der Waals surface area contributed by atoms with E-state index in [0.717, 1.165) is 15.5 Å². The molecule has 184 valence electrons. The number of sulfonamides is 1. The number of aromatic nitrogens is 2. The molecular weight excluding hydrogens is 496 g/mol. The van der Waals surface area contributed by atoms with Gasteiger partial charge in [-0.05, 0) is 48.4 Å². The third kappa shape index (κ3) is 4.55. The van der Waals surface area contributed by atoms with E-state index in [9.17, 15) is 13.2 Å². The summed E-state index contributed by atoms with van der Waals surface area (Å²) in [5, 5.41) is 4.13. The minimum atomic E-state index is -3.78. The summed E-state index contributed by atoms with van der Waals surface area (Å²) in [5.74, 6) is 0.302. The first kappa shape index (κ1) is 24.2. The average Bonchev–Trinajstić information content (AvgIpc) is 3.33. The van der Waals surface area contributed by atoms with Gasteiger partial charge in [-0.25, -0.2) is 8.42 Å². The Hall–Kier alpha value is -3.47. The first-order chi connectivity index (χ1) is 17.2. The molecule has 0 saturated carbocycles. The number of nitrogens with zero attached hydrogens (tertiary/aromatic N) is 3. The third-order valence-electron chi connectivity index (χ3n) is 5.93. The van der Waals surface area contributed by atoms with Gasteiger partial charge in [-0.2, -0.15) is 9.71 Å². The SMILES string of the molecule is CC(C)[C@H](NS(=O)(=O)c1ccccc1)c1nc(-c2ccc3c(c2)Sc2ccccc2C(=O)N3C)no1. The molecule has 10 heteroatoms. The molecule has 0 unspecified atom stereocenters. The van der Waals surface area contributed by atoms with Crippen molar-refractivity contribution in [3.05, 3.63) is 84.3 Å². The van der Waals surface area contributed by atoms with Crippen LogP contribution in [0.3, 0.4) is 0 Å². The monoisotopic (exact) mass is 520 g/mol. The Morgan fingerprint density at radius 1 is 0.972 bits per heavy atom. The molecule has 1 atom stereocenters. The first-order valence-corrected chi connectivity index (χ1v) is 13.6. The predicted molar refractivity (Wildman–Crippen MR) is 137 cm³/mol. The molecule has 1 aliphatic heterocycles. The molecule has 0 spiro atoms. The van der Waals surface area contributed by atoms with E-state index >= 15 is 0 Å². The highest BCUT2D eigenvalue weighted by Gasteiger charge is 2.29. The number of amides is 1. The van der Waals surface area contributed by atoms with Crippen LogP contribution < -0.4 is 9.62 Å². The molecule has 3 aromatic carbocycles. The second kappa shape index (κ2) is 9.53. The van der Waals surface area contributed by atoms with Crippen LogP contribution in [0.4, 0.5) is 5.69 Å². The Balaban J connectivity index is 1.47. The zero-order chi connectivity index (χ0) is 25.4. The second-order valence-corrected chi connectivity index (χ2v) is 11.6. The maximum absolute atomic E-state index is 12.9. The smallest absolute Gasteiger partial charge is 0.259 e. The minimum Gasteiger partial charge on any atom is -0.337 e. The number of carbonyl (C=O) groups excluding carboxylic acids is 1. The van der Waals surface area contributed by atoms with Gasteiger partial charge in [0.05, 0.1) is 16.1 Å². The Bertz CT molecular complexity index is 1530. The summed E-state index contributed by atoms with van der Waals surface area (Å²) in [5.41, 5.74) is 2.13. The van der Waals surface area contributed by atoms with Gasteiger partial charge in [0.2, 0.25) is 21.7 Å². The Kier molecular flexibility index (Phi) is 6.42. The minimum absolute atomic E-state index is 0.0723. The molecule has 2 heterocycles. The summed E-state index contributed by atoms with van der Waals surface area (Å²) < 4.78 is 34.1. The number of nitrogens with one attached hydrogen (secondary N) is 1. The fourth-order valence-electron chi connectivity index (χ4n) is 3.94. The molecular formula is C26H24N4O4S2. The lowest BCUT2D eigenvalue weighted by Gasteiger charge is -2.18. The van der Waals surface area contributed by atoms with Crippen LogP contribution in [-0.2, 0) is 10.0 Å². The number of fused-ring (bicyclic) bond motifs is 2. The fraction of sp³-hybridized carbons (Fsp3) is 0.192. The lowest BCUT2D eigenvalue weighted by Crippen LogP contribution is -2.32. The highest BCUT2D eigenvalue weighted by Crippen LogP contribution is 2.42. The maximum atomic E-state index is 12.9. The van der Waals surface area contributed by atoms with Crippen molar-refractivity contribution in [2.24, 2.45) is 5.92 Å². The van der Waals surface area contributed by atoms with Gasteiger partial charge in [0.1, 0.15) is 6.04 Å². The molecule has 1 aromatic heterocycles. The second-order valence-electron chi connectivity index (χ2n) is 8.76. The lowest BCUT2D eigenvalue weighted by molar-refractivity contribution is 0.0990. The molecule has 0 bridgehead atoms. The van der Waals surface area contributed by atoms with Crippen LogP contribution in [0, 0.1) is 5.92 Å². The summed E-state index contributed by atoms with van der Waals surface area (Å²) >= 11 is 1.50. The van der Waals surface area contributed by atoms with Crippen LogP contribution in [0.15, 0.2) is 92.0 Å². The van der Waals surface area contributed by atoms with Crippen molar-refractivity contribution in [3.63, 3.8) is 0 Å². The summed E-state index contributed by atoms with van der Waals surface area (Å²) in [6, 6.07) is 20.6. The van der Waals surface area contributed by atoms with Crippen LogP contribution in [0.5, 0.6) is 0 Å². The third-order valence-corrected chi connectivity index (χ3v) is 8.51. The van der Waals surface area contributed by atoms with E-state index in [4.69, 9.17) is 4.52 Å². The Morgan fingerprint density at radius 2 is 1.69 bits per heavy atom. The van der Waals surface area contributed by atoms with E-state index < -0.39 is 16.1 Å². The summed E-state index contributed by atoms with van der Waals surface area (Å²) in [6.45, 7) is 3.76. The van der Waals surface area contributed by atoms with E-state index in [2.05, 4.69) is 14.9 Å². The van der Waals surface area contributed by atoms with E-state index in [1.54, 1.807) is 30.1 Å². The summed E-state index contributed by atoms with van der Waals surface area (Å²) in [4.78, 5) is 21.0. The standard InChI is InChI=1S/C26H24N4O4S2/c1-16(2)23(29-36(32,33)18-9-5-4-6-10-18)25-27-24(28-34-25)17-13-14-20-22(15-17)35-21-12-8-7-11-19(21)26(31)30(20)3/h4-16,23,29H,1-3H3/t23-/m0/s1. The number of anilines is 1. The van der Waals surface area contributed by atoms with Gasteiger partial charge in [-0.1, -0.05) is 61.1 Å². The number of benzene rings is 3. The normalized spacial score (nSPS) is 14.3. The number of rotatable bonds is 6. The van der Waals surface area contributed by atoms with Crippen LogP contribution in [0.2, 0.25) is 0 Å². The summed E-state index contributed by atoms with van der Waals surface area (Å²) in [6.07, 6.45) is 0. The molecule has 36 heavy (non-hydrogen) atoms.